The highest BCUT2D eigenvalue weighted by Gasteiger charge is 2.27. The molecular formula is C9H10Br2F2. The first-order chi connectivity index (χ1) is 6.20. The molecule has 74 valence electrons. The van der Waals surface area contributed by atoms with Crippen molar-refractivity contribution in [3.63, 3.8) is 0 Å². The summed E-state index contributed by atoms with van der Waals surface area (Å²) < 4.78 is 26.1. The van der Waals surface area contributed by atoms with Gasteiger partial charge in [0, 0.05) is 16.6 Å². The molecule has 0 radical (unpaired) electrons. The van der Waals surface area contributed by atoms with E-state index in [0.717, 1.165) is 0 Å². The van der Waals surface area contributed by atoms with Crippen LogP contribution < -0.4 is 0 Å². The van der Waals surface area contributed by atoms with Crippen LogP contribution in [0.1, 0.15) is 6.42 Å². The van der Waals surface area contributed by atoms with Gasteiger partial charge in [0.2, 0.25) is 0 Å². The Morgan fingerprint density at radius 2 is 2.00 bits per heavy atom. The second-order valence-electron chi connectivity index (χ2n) is 2.96. The fourth-order valence-corrected chi connectivity index (χ4v) is 2.56. The molecule has 2 unspecified atom stereocenters. The van der Waals surface area contributed by atoms with Crippen LogP contribution in [0.3, 0.4) is 0 Å². The molecule has 0 amide bonds. The Labute approximate surface area is 93.3 Å². The third-order valence-corrected chi connectivity index (χ3v) is 3.36. The van der Waals surface area contributed by atoms with E-state index in [4.69, 9.17) is 0 Å². The van der Waals surface area contributed by atoms with Crippen molar-refractivity contribution >= 4 is 31.9 Å². The van der Waals surface area contributed by atoms with Crippen LogP contribution in [0.5, 0.6) is 0 Å². The minimum absolute atomic E-state index is 0.0667. The Kier molecular flexibility index (Phi) is 4.59. The summed E-state index contributed by atoms with van der Waals surface area (Å²) in [4.78, 5) is 0. The van der Waals surface area contributed by atoms with E-state index in [2.05, 4.69) is 31.9 Å². The van der Waals surface area contributed by atoms with Gasteiger partial charge in [-0.25, -0.2) is 8.78 Å². The van der Waals surface area contributed by atoms with E-state index < -0.39 is 11.7 Å². The summed E-state index contributed by atoms with van der Waals surface area (Å²) in [5.74, 6) is -1.57. The summed E-state index contributed by atoms with van der Waals surface area (Å²) in [5.41, 5.74) is 0. The molecule has 1 aliphatic carbocycles. The van der Waals surface area contributed by atoms with Crippen molar-refractivity contribution in [1.82, 2.24) is 0 Å². The molecule has 2 atom stereocenters. The average molecular weight is 316 g/mol. The third kappa shape index (κ3) is 2.62. The van der Waals surface area contributed by atoms with Gasteiger partial charge in [0.25, 0.3) is 0 Å². The third-order valence-electron chi connectivity index (χ3n) is 2.16. The van der Waals surface area contributed by atoms with Crippen molar-refractivity contribution in [3.05, 3.63) is 23.8 Å². The van der Waals surface area contributed by atoms with Gasteiger partial charge in [-0.15, -0.1) is 0 Å². The van der Waals surface area contributed by atoms with Gasteiger partial charge in [0.1, 0.15) is 5.83 Å². The first kappa shape index (κ1) is 11.4. The minimum Gasteiger partial charge on any atom is -0.208 e. The highest BCUT2D eigenvalue weighted by molar-refractivity contribution is 9.09. The summed E-state index contributed by atoms with van der Waals surface area (Å²) >= 11 is 6.53. The van der Waals surface area contributed by atoms with Crippen LogP contribution in [-0.4, -0.2) is 10.7 Å². The Balaban J connectivity index is 2.79. The molecule has 0 fully saturated rings. The first-order valence-electron chi connectivity index (χ1n) is 4.06. The maximum absolute atomic E-state index is 13.3. The zero-order valence-corrected chi connectivity index (χ0v) is 10.1. The van der Waals surface area contributed by atoms with Crippen LogP contribution in [0.15, 0.2) is 23.8 Å². The lowest BCUT2D eigenvalue weighted by molar-refractivity contribution is 0.361. The number of allylic oxidation sites excluding steroid dienone is 4. The van der Waals surface area contributed by atoms with Crippen molar-refractivity contribution in [3.8, 4) is 0 Å². The molecule has 0 N–H and O–H groups in total. The van der Waals surface area contributed by atoms with Crippen molar-refractivity contribution in [2.75, 3.05) is 10.7 Å². The molecule has 0 aromatic heterocycles. The second kappa shape index (κ2) is 5.25. The van der Waals surface area contributed by atoms with Gasteiger partial charge in [-0.05, 0) is 18.4 Å². The molecule has 13 heavy (non-hydrogen) atoms. The molecule has 0 aliphatic heterocycles. The molecule has 0 bridgehead atoms. The first-order valence-corrected chi connectivity index (χ1v) is 6.30. The summed E-state index contributed by atoms with van der Waals surface area (Å²) in [6.07, 6.45) is 3.56. The molecule has 0 aromatic carbocycles. The Hall–Kier alpha value is 0.300. The molecular weight excluding hydrogens is 306 g/mol. The fraction of sp³-hybridized carbons (Fsp3) is 0.556. The highest BCUT2D eigenvalue weighted by Crippen LogP contribution is 2.35. The summed E-state index contributed by atoms with van der Waals surface area (Å²) in [6, 6.07) is 0. The van der Waals surface area contributed by atoms with Crippen LogP contribution in [0.25, 0.3) is 0 Å². The smallest absolute Gasteiger partial charge is 0.154 e. The van der Waals surface area contributed by atoms with Crippen LogP contribution >= 0.6 is 31.9 Å². The van der Waals surface area contributed by atoms with E-state index in [1.54, 1.807) is 6.08 Å². The number of rotatable bonds is 3. The van der Waals surface area contributed by atoms with Crippen LogP contribution in [0.4, 0.5) is 8.78 Å². The van der Waals surface area contributed by atoms with Crippen molar-refractivity contribution in [2.45, 2.75) is 6.42 Å². The van der Waals surface area contributed by atoms with Crippen molar-refractivity contribution < 1.29 is 8.78 Å². The minimum atomic E-state index is -0.719. The fourth-order valence-electron chi connectivity index (χ4n) is 1.40. The normalized spacial score (nSPS) is 28.3. The number of hydrogen-bond acceptors (Lipinski definition) is 0. The standard InChI is InChI=1S/C9H10Br2F2/c10-4-3-7-6(5-11)1-2-8(12)9(7)13/h1-2,6-7H,3-5H2. The lowest BCUT2D eigenvalue weighted by atomic mass is 9.86. The summed E-state index contributed by atoms with van der Waals surface area (Å²) in [6.45, 7) is 0. The van der Waals surface area contributed by atoms with Gasteiger partial charge in [-0.1, -0.05) is 37.9 Å². The maximum atomic E-state index is 13.3. The predicted octanol–water partition coefficient (Wildman–Crippen LogP) is 4.12. The monoisotopic (exact) mass is 314 g/mol. The average Bonchev–Trinajstić information content (AvgIpc) is 2.14. The Morgan fingerprint density at radius 1 is 1.31 bits per heavy atom. The highest BCUT2D eigenvalue weighted by atomic mass is 79.9. The van der Waals surface area contributed by atoms with Gasteiger partial charge < -0.3 is 0 Å². The van der Waals surface area contributed by atoms with E-state index in [-0.39, 0.29) is 11.8 Å². The number of halogens is 4. The van der Waals surface area contributed by atoms with Crippen LogP contribution in [0, 0.1) is 11.8 Å². The topological polar surface area (TPSA) is 0 Å². The van der Waals surface area contributed by atoms with E-state index >= 15 is 0 Å². The van der Waals surface area contributed by atoms with E-state index in [1.807, 2.05) is 0 Å². The van der Waals surface area contributed by atoms with E-state index in [1.165, 1.54) is 6.08 Å². The van der Waals surface area contributed by atoms with Crippen LogP contribution in [-0.2, 0) is 0 Å². The molecule has 0 spiro atoms. The maximum Gasteiger partial charge on any atom is 0.154 e. The zero-order valence-electron chi connectivity index (χ0n) is 6.94. The molecule has 1 aliphatic rings. The van der Waals surface area contributed by atoms with Gasteiger partial charge in [0.05, 0.1) is 0 Å². The number of hydrogen-bond donors (Lipinski definition) is 0. The van der Waals surface area contributed by atoms with Gasteiger partial charge in [-0.3, -0.25) is 0 Å². The molecule has 0 saturated carbocycles. The molecule has 4 heteroatoms. The SMILES string of the molecule is FC1=C(F)C(CCBr)C(CBr)C=C1. The second-order valence-corrected chi connectivity index (χ2v) is 4.40. The van der Waals surface area contributed by atoms with Gasteiger partial charge >= 0.3 is 0 Å². The van der Waals surface area contributed by atoms with Crippen molar-refractivity contribution in [2.24, 2.45) is 11.8 Å². The largest absolute Gasteiger partial charge is 0.208 e. The quantitative estimate of drug-likeness (QED) is 0.687. The number of alkyl halides is 2. The Morgan fingerprint density at radius 3 is 2.54 bits per heavy atom. The summed E-state index contributed by atoms with van der Waals surface area (Å²) in [7, 11) is 0. The molecule has 1 rings (SSSR count). The molecule has 0 nitrogen and oxygen atoms in total. The zero-order chi connectivity index (χ0) is 9.84. The lowest BCUT2D eigenvalue weighted by Crippen LogP contribution is -2.19. The van der Waals surface area contributed by atoms with Gasteiger partial charge in [0.15, 0.2) is 5.83 Å². The van der Waals surface area contributed by atoms with Gasteiger partial charge in [-0.2, -0.15) is 0 Å². The summed E-state index contributed by atoms with van der Waals surface area (Å²) in [5, 5.41) is 1.36. The molecule has 0 heterocycles. The van der Waals surface area contributed by atoms with E-state index in [9.17, 15) is 8.78 Å². The van der Waals surface area contributed by atoms with Crippen LogP contribution in [0.2, 0.25) is 0 Å². The van der Waals surface area contributed by atoms with E-state index in [0.29, 0.717) is 17.1 Å². The Bertz CT molecular complexity index is 236. The lowest BCUT2D eigenvalue weighted by Gasteiger charge is -2.23. The predicted molar refractivity (Wildman–Crippen MR) is 57.6 cm³/mol. The molecule has 0 saturated heterocycles. The molecule has 0 aromatic rings. The van der Waals surface area contributed by atoms with Crippen molar-refractivity contribution in [1.29, 1.82) is 0 Å².